The second-order valence-electron chi connectivity index (χ2n) is 6.02. The van der Waals surface area contributed by atoms with Crippen LogP contribution in [0.15, 0.2) is 36.5 Å². The Hall–Kier alpha value is -3.23. The lowest BCUT2D eigenvalue weighted by Gasteiger charge is -2.25. The number of aromatic nitrogens is 3. The highest BCUT2D eigenvalue weighted by atomic mass is 16.4. The standard InChI is InChI=1S/C17H21N5O4/c1-12(17(25)26)22(9-13-7-5-4-6-8-13)16(24)14-10-21(19-18-14)11-15(23)20(2)3/h4-8,10,12H,9,11H2,1-3H3,(H,25,26). The summed E-state index contributed by atoms with van der Waals surface area (Å²) < 4.78 is 1.25. The maximum atomic E-state index is 12.8. The van der Waals surface area contributed by atoms with E-state index in [9.17, 15) is 19.5 Å². The molecular weight excluding hydrogens is 338 g/mol. The highest BCUT2D eigenvalue weighted by Gasteiger charge is 2.28. The van der Waals surface area contributed by atoms with Crippen LogP contribution in [0, 0.1) is 0 Å². The van der Waals surface area contributed by atoms with Gasteiger partial charge >= 0.3 is 5.97 Å². The van der Waals surface area contributed by atoms with Crippen LogP contribution in [0.1, 0.15) is 23.0 Å². The van der Waals surface area contributed by atoms with Crippen LogP contribution >= 0.6 is 0 Å². The van der Waals surface area contributed by atoms with Crippen LogP contribution in [-0.2, 0) is 22.7 Å². The van der Waals surface area contributed by atoms with Gasteiger partial charge in [0.1, 0.15) is 12.6 Å². The van der Waals surface area contributed by atoms with Gasteiger partial charge in [0.05, 0.1) is 6.20 Å². The molecule has 138 valence electrons. The van der Waals surface area contributed by atoms with Crippen LogP contribution < -0.4 is 0 Å². The monoisotopic (exact) mass is 359 g/mol. The van der Waals surface area contributed by atoms with E-state index >= 15 is 0 Å². The second-order valence-corrected chi connectivity index (χ2v) is 6.02. The maximum absolute atomic E-state index is 12.8. The molecule has 0 saturated heterocycles. The Kier molecular flexibility index (Phi) is 6.05. The molecule has 0 aliphatic carbocycles. The molecule has 1 atom stereocenters. The summed E-state index contributed by atoms with van der Waals surface area (Å²) in [7, 11) is 3.23. The molecule has 0 saturated carbocycles. The predicted molar refractivity (Wildman–Crippen MR) is 92.1 cm³/mol. The van der Waals surface area contributed by atoms with Crippen molar-refractivity contribution in [2.24, 2.45) is 0 Å². The van der Waals surface area contributed by atoms with Gasteiger partial charge in [0, 0.05) is 20.6 Å². The first-order valence-electron chi connectivity index (χ1n) is 7.97. The molecule has 1 aromatic heterocycles. The molecule has 9 heteroatoms. The van der Waals surface area contributed by atoms with Crippen molar-refractivity contribution in [3.8, 4) is 0 Å². The van der Waals surface area contributed by atoms with Gasteiger partial charge in [0.25, 0.3) is 5.91 Å². The Balaban J connectivity index is 2.22. The smallest absolute Gasteiger partial charge is 0.326 e. The number of hydrogen-bond acceptors (Lipinski definition) is 5. The first-order valence-corrected chi connectivity index (χ1v) is 7.97. The molecule has 2 aromatic rings. The zero-order chi connectivity index (χ0) is 19.3. The van der Waals surface area contributed by atoms with Gasteiger partial charge in [-0.2, -0.15) is 0 Å². The Morgan fingerprint density at radius 1 is 1.19 bits per heavy atom. The zero-order valence-corrected chi connectivity index (χ0v) is 14.9. The van der Waals surface area contributed by atoms with Crippen molar-refractivity contribution < 1.29 is 19.5 Å². The fourth-order valence-electron chi connectivity index (χ4n) is 2.20. The third-order valence-electron chi connectivity index (χ3n) is 3.84. The molecule has 1 heterocycles. The number of carbonyl (C=O) groups is 3. The molecule has 26 heavy (non-hydrogen) atoms. The molecule has 1 N–H and O–H groups in total. The minimum absolute atomic E-state index is 0.0133. The first kappa shape index (κ1) is 19.1. The van der Waals surface area contributed by atoms with E-state index in [1.807, 2.05) is 18.2 Å². The lowest BCUT2D eigenvalue weighted by molar-refractivity contribution is -0.141. The number of amides is 2. The van der Waals surface area contributed by atoms with Crippen molar-refractivity contribution in [2.75, 3.05) is 14.1 Å². The highest BCUT2D eigenvalue weighted by molar-refractivity contribution is 5.94. The van der Waals surface area contributed by atoms with Gasteiger partial charge in [0.2, 0.25) is 5.91 Å². The Bertz CT molecular complexity index is 787. The van der Waals surface area contributed by atoms with Gasteiger partial charge in [-0.15, -0.1) is 5.10 Å². The molecule has 9 nitrogen and oxygen atoms in total. The fourth-order valence-corrected chi connectivity index (χ4v) is 2.20. The van der Waals surface area contributed by atoms with Gasteiger partial charge in [-0.25, -0.2) is 9.48 Å². The molecule has 1 unspecified atom stereocenters. The molecule has 0 fully saturated rings. The summed E-state index contributed by atoms with van der Waals surface area (Å²) in [6, 6.07) is 8.03. The van der Waals surface area contributed by atoms with Crippen molar-refractivity contribution >= 4 is 17.8 Å². The Morgan fingerprint density at radius 3 is 2.42 bits per heavy atom. The van der Waals surface area contributed by atoms with E-state index in [0.717, 1.165) is 5.56 Å². The zero-order valence-electron chi connectivity index (χ0n) is 14.9. The molecule has 2 rings (SSSR count). The lowest BCUT2D eigenvalue weighted by atomic mass is 10.1. The van der Waals surface area contributed by atoms with Crippen LogP contribution in [0.2, 0.25) is 0 Å². The molecule has 0 spiro atoms. The average Bonchev–Trinajstić information content (AvgIpc) is 3.07. The number of hydrogen-bond donors (Lipinski definition) is 1. The van der Waals surface area contributed by atoms with E-state index in [1.165, 1.54) is 27.6 Å². The van der Waals surface area contributed by atoms with E-state index in [-0.39, 0.29) is 24.7 Å². The number of benzene rings is 1. The summed E-state index contributed by atoms with van der Waals surface area (Å²) >= 11 is 0. The maximum Gasteiger partial charge on any atom is 0.326 e. The molecule has 0 bridgehead atoms. The fraction of sp³-hybridized carbons (Fsp3) is 0.353. The molecule has 2 amide bonds. The summed E-state index contributed by atoms with van der Waals surface area (Å²) in [5, 5.41) is 16.9. The number of nitrogens with zero attached hydrogens (tertiary/aromatic N) is 5. The van der Waals surface area contributed by atoms with Crippen LogP contribution in [0.4, 0.5) is 0 Å². The van der Waals surface area contributed by atoms with Crippen molar-refractivity contribution in [1.82, 2.24) is 24.8 Å². The topological polar surface area (TPSA) is 109 Å². The van der Waals surface area contributed by atoms with E-state index in [4.69, 9.17) is 0 Å². The van der Waals surface area contributed by atoms with Crippen LogP contribution in [-0.4, -0.2) is 67.8 Å². The summed E-state index contributed by atoms with van der Waals surface area (Å²) in [5.41, 5.74) is 0.782. The average molecular weight is 359 g/mol. The van der Waals surface area contributed by atoms with Crippen LogP contribution in [0.5, 0.6) is 0 Å². The Morgan fingerprint density at radius 2 is 1.85 bits per heavy atom. The van der Waals surface area contributed by atoms with E-state index in [2.05, 4.69) is 10.3 Å². The number of carbonyl (C=O) groups excluding carboxylic acids is 2. The summed E-state index contributed by atoms with van der Waals surface area (Å²) in [5.74, 6) is -1.88. The minimum atomic E-state index is -1.12. The summed E-state index contributed by atoms with van der Waals surface area (Å²) in [6.07, 6.45) is 1.34. The quantitative estimate of drug-likeness (QED) is 0.770. The van der Waals surface area contributed by atoms with Crippen molar-refractivity contribution in [1.29, 1.82) is 0 Å². The van der Waals surface area contributed by atoms with Gasteiger partial charge in [-0.05, 0) is 12.5 Å². The first-order chi connectivity index (χ1) is 12.3. The normalized spacial score (nSPS) is 11.7. The lowest BCUT2D eigenvalue weighted by Crippen LogP contribution is -2.42. The van der Waals surface area contributed by atoms with Gasteiger partial charge in [-0.3, -0.25) is 9.59 Å². The van der Waals surface area contributed by atoms with Crippen molar-refractivity contribution in [2.45, 2.75) is 26.1 Å². The number of carboxylic acids is 1. The van der Waals surface area contributed by atoms with E-state index in [1.54, 1.807) is 26.2 Å². The largest absolute Gasteiger partial charge is 0.480 e. The van der Waals surface area contributed by atoms with E-state index in [0.29, 0.717) is 0 Å². The number of rotatable bonds is 7. The highest BCUT2D eigenvalue weighted by Crippen LogP contribution is 2.12. The van der Waals surface area contributed by atoms with Crippen molar-refractivity contribution in [3.63, 3.8) is 0 Å². The minimum Gasteiger partial charge on any atom is -0.480 e. The van der Waals surface area contributed by atoms with Gasteiger partial charge in [-0.1, -0.05) is 35.5 Å². The molecule has 0 radical (unpaired) electrons. The third kappa shape index (κ3) is 4.65. The summed E-state index contributed by atoms with van der Waals surface area (Å²) in [6.45, 7) is 1.50. The molecule has 0 aliphatic rings. The second kappa shape index (κ2) is 8.24. The number of carboxylic acid groups (broad SMARTS) is 1. The molecule has 0 aliphatic heterocycles. The third-order valence-corrected chi connectivity index (χ3v) is 3.84. The van der Waals surface area contributed by atoms with Gasteiger partial charge in [0.15, 0.2) is 5.69 Å². The van der Waals surface area contributed by atoms with Crippen LogP contribution in [0.3, 0.4) is 0 Å². The number of likely N-dealkylation sites (N-methyl/N-ethyl adjacent to an activating group) is 1. The van der Waals surface area contributed by atoms with Crippen molar-refractivity contribution in [3.05, 3.63) is 47.8 Å². The molecule has 1 aromatic carbocycles. The summed E-state index contributed by atoms with van der Waals surface area (Å²) in [4.78, 5) is 38.5. The number of aliphatic carboxylic acids is 1. The van der Waals surface area contributed by atoms with Crippen LogP contribution in [0.25, 0.3) is 0 Å². The predicted octanol–water partition coefficient (Wildman–Crippen LogP) is 0.482. The Labute approximate surface area is 150 Å². The SMILES string of the molecule is CC(C(=O)O)N(Cc1ccccc1)C(=O)c1cn(CC(=O)N(C)C)nn1. The van der Waals surface area contributed by atoms with Gasteiger partial charge < -0.3 is 14.9 Å². The van der Waals surface area contributed by atoms with E-state index < -0.39 is 17.9 Å². The molecular formula is C17H21N5O4.